The molecule has 1 N–H and O–H groups in total. The fourth-order valence-electron chi connectivity index (χ4n) is 4.40. The van der Waals surface area contributed by atoms with Crippen molar-refractivity contribution in [3.63, 3.8) is 0 Å². The van der Waals surface area contributed by atoms with E-state index in [1.807, 2.05) is 0 Å². The average molecular weight is 358 g/mol. The molecule has 142 valence electrons. The van der Waals surface area contributed by atoms with E-state index >= 15 is 0 Å². The lowest BCUT2D eigenvalue weighted by molar-refractivity contribution is -0.129. The largest absolute Gasteiger partial charge is 0.453 e. The van der Waals surface area contributed by atoms with Crippen LogP contribution in [0.5, 0.6) is 0 Å². The van der Waals surface area contributed by atoms with Gasteiger partial charge in [0, 0.05) is 19.1 Å². The molecule has 26 heavy (non-hydrogen) atoms. The van der Waals surface area contributed by atoms with Crippen LogP contribution >= 0.6 is 0 Å². The summed E-state index contributed by atoms with van der Waals surface area (Å²) in [5, 5.41) is 3.31. The second-order valence-electron chi connectivity index (χ2n) is 7.72. The van der Waals surface area contributed by atoms with Gasteiger partial charge in [0.05, 0.1) is 12.5 Å². The van der Waals surface area contributed by atoms with E-state index in [4.69, 9.17) is 4.74 Å². The Balaban J connectivity index is 1.70. The van der Waals surface area contributed by atoms with E-state index in [1.54, 1.807) is 4.90 Å². The lowest BCUT2D eigenvalue weighted by Gasteiger charge is -2.39. The predicted octanol–water partition coefficient (Wildman–Crippen LogP) is 3.54. The summed E-state index contributed by atoms with van der Waals surface area (Å²) < 4.78 is 4.79. The van der Waals surface area contributed by atoms with Crippen LogP contribution in [-0.4, -0.2) is 43.1 Å². The first-order valence-electron chi connectivity index (χ1n) is 9.76. The highest BCUT2D eigenvalue weighted by Gasteiger charge is 2.42. The van der Waals surface area contributed by atoms with Crippen molar-refractivity contribution in [3.8, 4) is 0 Å². The number of carbonyl (C=O) groups excluding carboxylic acids is 2. The van der Waals surface area contributed by atoms with Gasteiger partial charge in [-0.2, -0.15) is 0 Å². The third-order valence-corrected chi connectivity index (χ3v) is 5.98. The number of aryl methyl sites for hydroxylation is 1. The molecule has 2 fully saturated rings. The number of methoxy groups -OCH3 is 1. The SMILES string of the molecule is COC(=O)N1CCC(NC(=O)C2(c3cccc(C)c3)CCCCC2)CC1. The first kappa shape index (κ1) is 18.7. The van der Waals surface area contributed by atoms with Crippen molar-refractivity contribution < 1.29 is 14.3 Å². The smallest absolute Gasteiger partial charge is 0.409 e. The van der Waals surface area contributed by atoms with Crippen molar-refractivity contribution in [1.29, 1.82) is 0 Å². The van der Waals surface area contributed by atoms with E-state index < -0.39 is 5.41 Å². The molecule has 5 heteroatoms. The van der Waals surface area contributed by atoms with Gasteiger partial charge in [0.25, 0.3) is 0 Å². The molecule has 0 atom stereocenters. The van der Waals surface area contributed by atoms with Crippen molar-refractivity contribution in [2.75, 3.05) is 20.2 Å². The van der Waals surface area contributed by atoms with E-state index in [2.05, 4.69) is 36.5 Å². The third-order valence-electron chi connectivity index (χ3n) is 5.98. The number of amides is 2. The number of hydrogen-bond acceptors (Lipinski definition) is 3. The van der Waals surface area contributed by atoms with Gasteiger partial charge in [-0.05, 0) is 38.2 Å². The molecular formula is C21H30N2O3. The molecule has 1 saturated heterocycles. The average Bonchev–Trinajstić information content (AvgIpc) is 2.68. The standard InChI is InChI=1S/C21H30N2O3/c1-16-7-6-8-17(15-16)21(11-4-3-5-12-21)19(24)22-18-9-13-23(14-10-18)20(25)26-2/h6-8,15,18H,3-5,9-14H2,1-2H3,(H,22,24). The molecule has 1 aromatic rings. The fraction of sp³-hybridized carbons (Fsp3) is 0.619. The molecule has 3 rings (SSSR count). The summed E-state index contributed by atoms with van der Waals surface area (Å²) in [5.74, 6) is 0.166. The third kappa shape index (κ3) is 3.87. The lowest BCUT2D eigenvalue weighted by Crippen LogP contribution is -2.52. The van der Waals surface area contributed by atoms with Crippen LogP contribution in [0.15, 0.2) is 24.3 Å². The molecule has 0 bridgehead atoms. The Morgan fingerprint density at radius 2 is 1.85 bits per heavy atom. The Kier molecular flexibility index (Phi) is 5.84. The molecular weight excluding hydrogens is 328 g/mol. The van der Waals surface area contributed by atoms with Crippen molar-refractivity contribution >= 4 is 12.0 Å². The zero-order valence-electron chi connectivity index (χ0n) is 15.9. The lowest BCUT2D eigenvalue weighted by atomic mass is 9.68. The fourth-order valence-corrected chi connectivity index (χ4v) is 4.40. The number of rotatable bonds is 3. The van der Waals surface area contributed by atoms with Crippen LogP contribution in [0.3, 0.4) is 0 Å². The quantitative estimate of drug-likeness (QED) is 0.899. The van der Waals surface area contributed by atoms with Gasteiger partial charge >= 0.3 is 6.09 Å². The summed E-state index contributed by atoms with van der Waals surface area (Å²) in [4.78, 5) is 26.7. The first-order chi connectivity index (χ1) is 12.5. The molecule has 1 saturated carbocycles. The normalized spacial score (nSPS) is 20.5. The molecule has 2 amide bonds. The van der Waals surface area contributed by atoms with Crippen LogP contribution in [0, 0.1) is 6.92 Å². The molecule has 1 aliphatic heterocycles. The molecule has 0 aromatic heterocycles. The molecule has 1 heterocycles. The van der Waals surface area contributed by atoms with Gasteiger partial charge in [-0.1, -0.05) is 49.1 Å². The number of ether oxygens (including phenoxy) is 1. The number of piperidine rings is 1. The Bertz CT molecular complexity index is 644. The first-order valence-corrected chi connectivity index (χ1v) is 9.76. The minimum absolute atomic E-state index is 0.131. The van der Waals surface area contributed by atoms with Gasteiger partial charge in [0.1, 0.15) is 0 Å². The molecule has 1 aromatic carbocycles. The molecule has 5 nitrogen and oxygen atoms in total. The Morgan fingerprint density at radius 1 is 1.15 bits per heavy atom. The number of hydrogen-bond donors (Lipinski definition) is 1. The van der Waals surface area contributed by atoms with E-state index in [1.165, 1.54) is 19.1 Å². The van der Waals surface area contributed by atoms with E-state index in [0.717, 1.165) is 44.1 Å². The van der Waals surface area contributed by atoms with Crippen LogP contribution in [0.2, 0.25) is 0 Å². The van der Waals surface area contributed by atoms with Crippen molar-refractivity contribution in [3.05, 3.63) is 35.4 Å². The minimum atomic E-state index is -0.399. The van der Waals surface area contributed by atoms with Gasteiger partial charge in [-0.15, -0.1) is 0 Å². The van der Waals surface area contributed by atoms with Gasteiger partial charge in [-0.3, -0.25) is 4.79 Å². The molecule has 0 spiro atoms. The van der Waals surface area contributed by atoms with Crippen LogP contribution in [0.25, 0.3) is 0 Å². The number of nitrogens with zero attached hydrogens (tertiary/aromatic N) is 1. The second kappa shape index (κ2) is 8.11. The monoisotopic (exact) mass is 358 g/mol. The summed E-state index contributed by atoms with van der Waals surface area (Å²) in [5.41, 5.74) is 1.96. The Hall–Kier alpha value is -2.04. The number of likely N-dealkylation sites (tertiary alicyclic amines) is 1. The Morgan fingerprint density at radius 3 is 2.46 bits per heavy atom. The van der Waals surface area contributed by atoms with Crippen molar-refractivity contribution in [2.24, 2.45) is 0 Å². The van der Waals surface area contributed by atoms with Crippen LogP contribution in [0.1, 0.15) is 56.1 Å². The summed E-state index contributed by atoms with van der Waals surface area (Å²) in [6, 6.07) is 8.55. The summed E-state index contributed by atoms with van der Waals surface area (Å²) >= 11 is 0. The summed E-state index contributed by atoms with van der Waals surface area (Å²) in [6.07, 6.45) is 6.53. The highest BCUT2D eigenvalue weighted by molar-refractivity contribution is 5.88. The van der Waals surface area contributed by atoms with Crippen molar-refractivity contribution in [2.45, 2.75) is 63.3 Å². The maximum Gasteiger partial charge on any atom is 0.409 e. The minimum Gasteiger partial charge on any atom is -0.453 e. The van der Waals surface area contributed by atoms with Gasteiger partial charge < -0.3 is 15.0 Å². The summed E-state index contributed by atoms with van der Waals surface area (Å²) in [7, 11) is 1.41. The highest BCUT2D eigenvalue weighted by Crippen LogP contribution is 2.40. The van der Waals surface area contributed by atoms with Crippen molar-refractivity contribution in [1.82, 2.24) is 10.2 Å². The van der Waals surface area contributed by atoms with E-state index in [0.29, 0.717) is 13.1 Å². The van der Waals surface area contributed by atoms with Crippen LogP contribution in [0.4, 0.5) is 4.79 Å². The second-order valence-corrected chi connectivity index (χ2v) is 7.72. The van der Waals surface area contributed by atoms with Crippen LogP contribution in [-0.2, 0) is 14.9 Å². The van der Waals surface area contributed by atoms with E-state index in [9.17, 15) is 9.59 Å². The van der Waals surface area contributed by atoms with Gasteiger partial charge in [-0.25, -0.2) is 4.79 Å². The van der Waals surface area contributed by atoms with Gasteiger partial charge in [0.15, 0.2) is 0 Å². The van der Waals surface area contributed by atoms with Gasteiger partial charge in [0.2, 0.25) is 5.91 Å². The predicted molar refractivity (Wildman–Crippen MR) is 101 cm³/mol. The number of nitrogens with one attached hydrogen (secondary N) is 1. The van der Waals surface area contributed by atoms with E-state index in [-0.39, 0.29) is 18.0 Å². The molecule has 0 unspecified atom stereocenters. The van der Waals surface area contributed by atoms with Crippen LogP contribution < -0.4 is 5.32 Å². The molecule has 0 radical (unpaired) electrons. The topological polar surface area (TPSA) is 58.6 Å². The number of benzene rings is 1. The highest BCUT2D eigenvalue weighted by atomic mass is 16.5. The summed E-state index contributed by atoms with van der Waals surface area (Å²) in [6.45, 7) is 3.35. The zero-order chi connectivity index (χ0) is 18.6. The Labute approximate surface area is 156 Å². The zero-order valence-corrected chi connectivity index (χ0v) is 15.9. The molecule has 2 aliphatic rings. The molecule has 1 aliphatic carbocycles. The number of carbonyl (C=O) groups is 2. The maximum atomic E-state index is 13.4. The maximum absolute atomic E-state index is 13.4.